The Labute approximate surface area is 95.9 Å². The first-order valence-corrected chi connectivity index (χ1v) is 5.77. The van der Waals surface area contributed by atoms with E-state index < -0.39 is 0 Å². The number of cyclic esters (lactones) is 1. The summed E-state index contributed by atoms with van der Waals surface area (Å²) in [6, 6.07) is 9.95. The SMILES string of the molecule is CCCC1C/C(=C/c2ccccc2)OC1=O. The minimum Gasteiger partial charge on any atom is -0.431 e. The quantitative estimate of drug-likeness (QED) is 0.724. The molecule has 0 N–H and O–H groups in total. The van der Waals surface area contributed by atoms with E-state index in [0.29, 0.717) is 0 Å². The zero-order chi connectivity index (χ0) is 11.4. The first-order chi connectivity index (χ1) is 7.79. The van der Waals surface area contributed by atoms with Crippen molar-refractivity contribution in [3.05, 3.63) is 41.7 Å². The number of rotatable bonds is 3. The summed E-state index contributed by atoms with van der Waals surface area (Å²) < 4.78 is 5.25. The van der Waals surface area contributed by atoms with Crippen LogP contribution in [0, 0.1) is 5.92 Å². The van der Waals surface area contributed by atoms with Crippen molar-refractivity contribution >= 4 is 12.0 Å². The number of esters is 1. The summed E-state index contributed by atoms with van der Waals surface area (Å²) in [5, 5.41) is 0. The highest BCUT2D eigenvalue weighted by molar-refractivity contribution is 5.78. The van der Waals surface area contributed by atoms with Crippen molar-refractivity contribution in [1.82, 2.24) is 0 Å². The summed E-state index contributed by atoms with van der Waals surface area (Å²) in [6.07, 6.45) is 4.65. The normalized spacial score (nSPS) is 22.4. The van der Waals surface area contributed by atoms with Gasteiger partial charge in [0.25, 0.3) is 0 Å². The van der Waals surface area contributed by atoms with Crippen molar-refractivity contribution in [3.63, 3.8) is 0 Å². The molecule has 0 aromatic heterocycles. The van der Waals surface area contributed by atoms with Crippen LogP contribution in [0.2, 0.25) is 0 Å². The summed E-state index contributed by atoms with van der Waals surface area (Å²) in [6.45, 7) is 2.09. The molecule has 0 saturated carbocycles. The first-order valence-electron chi connectivity index (χ1n) is 5.77. The molecule has 2 heteroatoms. The number of hydrogen-bond donors (Lipinski definition) is 0. The highest BCUT2D eigenvalue weighted by atomic mass is 16.5. The second kappa shape index (κ2) is 4.97. The molecule has 1 heterocycles. The number of allylic oxidation sites excluding steroid dienone is 1. The second-order valence-electron chi connectivity index (χ2n) is 4.13. The fourth-order valence-corrected chi connectivity index (χ4v) is 1.97. The molecule has 0 aliphatic carbocycles. The Morgan fingerprint density at radius 3 is 2.81 bits per heavy atom. The van der Waals surface area contributed by atoms with Gasteiger partial charge in [0.2, 0.25) is 0 Å². The summed E-state index contributed by atoms with van der Waals surface area (Å²) in [4.78, 5) is 11.5. The lowest BCUT2D eigenvalue weighted by molar-refractivity contribution is -0.139. The molecule has 16 heavy (non-hydrogen) atoms. The molecule has 1 unspecified atom stereocenters. The van der Waals surface area contributed by atoms with Gasteiger partial charge in [-0.1, -0.05) is 43.7 Å². The Kier molecular flexibility index (Phi) is 3.40. The monoisotopic (exact) mass is 216 g/mol. The van der Waals surface area contributed by atoms with Crippen LogP contribution in [0.5, 0.6) is 0 Å². The molecule has 1 saturated heterocycles. The average molecular weight is 216 g/mol. The fourth-order valence-electron chi connectivity index (χ4n) is 1.97. The van der Waals surface area contributed by atoms with Crippen molar-refractivity contribution in [2.24, 2.45) is 5.92 Å². The van der Waals surface area contributed by atoms with Crippen LogP contribution in [-0.4, -0.2) is 5.97 Å². The van der Waals surface area contributed by atoms with Crippen LogP contribution in [0.15, 0.2) is 36.1 Å². The molecular weight excluding hydrogens is 200 g/mol. The standard InChI is InChI=1S/C14H16O2/c1-2-6-12-10-13(16-14(12)15)9-11-7-4-3-5-8-11/h3-5,7-9,12H,2,6,10H2,1H3/b13-9-. The van der Waals surface area contributed by atoms with Crippen LogP contribution in [-0.2, 0) is 9.53 Å². The van der Waals surface area contributed by atoms with Gasteiger partial charge >= 0.3 is 5.97 Å². The van der Waals surface area contributed by atoms with Gasteiger partial charge in [-0.3, -0.25) is 4.79 Å². The molecule has 84 valence electrons. The maximum Gasteiger partial charge on any atom is 0.314 e. The smallest absolute Gasteiger partial charge is 0.314 e. The zero-order valence-electron chi connectivity index (χ0n) is 9.48. The topological polar surface area (TPSA) is 26.3 Å². The first kappa shape index (κ1) is 10.9. The molecule has 1 aromatic carbocycles. The van der Waals surface area contributed by atoms with Gasteiger partial charge in [-0.05, 0) is 18.1 Å². The van der Waals surface area contributed by atoms with E-state index in [9.17, 15) is 4.79 Å². The van der Waals surface area contributed by atoms with Gasteiger partial charge in [-0.25, -0.2) is 0 Å². The highest BCUT2D eigenvalue weighted by Crippen LogP contribution is 2.29. The Hall–Kier alpha value is -1.57. The van der Waals surface area contributed by atoms with Gasteiger partial charge in [-0.15, -0.1) is 0 Å². The van der Waals surface area contributed by atoms with Crippen molar-refractivity contribution in [3.8, 4) is 0 Å². The molecule has 2 rings (SSSR count). The van der Waals surface area contributed by atoms with Crippen LogP contribution in [0.4, 0.5) is 0 Å². The molecular formula is C14H16O2. The molecule has 0 spiro atoms. The fraction of sp³-hybridized carbons (Fsp3) is 0.357. The van der Waals surface area contributed by atoms with Crippen LogP contribution in [0.3, 0.4) is 0 Å². The highest BCUT2D eigenvalue weighted by Gasteiger charge is 2.29. The van der Waals surface area contributed by atoms with E-state index in [2.05, 4.69) is 6.92 Å². The minimum absolute atomic E-state index is 0.0657. The van der Waals surface area contributed by atoms with E-state index in [1.807, 2.05) is 36.4 Å². The van der Waals surface area contributed by atoms with Gasteiger partial charge in [0, 0.05) is 6.42 Å². The number of hydrogen-bond acceptors (Lipinski definition) is 2. The van der Waals surface area contributed by atoms with Crippen LogP contribution < -0.4 is 0 Å². The van der Waals surface area contributed by atoms with E-state index in [4.69, 9.17) is 4.74 Å². The zero-order valence-corrected chi connectivity index (χ0v) is 9.48. The third-order valence-electron chi connectivity index (χ3n) is 2.78. The third-order valence-corrected chi connectivity index (χ3v) is 2.78. The maximum absolute atomic E-state index is 11.5. The van der Waals surface area contributed by atoms with Crippen LogP contribution in [0.1, 0.15) is 31.7 Å². The second-order valence-corrected chi connectivity index (χ2v) is 4.13. The van der Waals surface area contributed by atoms with Crippen molar-refractivity contribution in [2.75, 3.05) is 0 Å². The Balaban J connectivity index is 2.08. The molecule has 1 aliphatic heterocycles. The molecule has 0 radical (unpaired) electrons. The van der Waals surface area contributed by atoms with Crippen LogP contribution in [0.25, 0.3) is 6.08 Å². The van der Waals surface area contributed by atoms with Gasteiger partial charge < -0.3 is 4.74 Å². The lowest BCUT2D eigenvalue weighted by Gasteiger charge is -1.98. The van der Waals surface area contributed by atoms with E-state index in [-0.39, 0.29) is 11.9 Å². The molecule has 1 fully saturated rings. The average Bonchev–Trinajstić information content (AvgIpc) is 2.61. The predicted octanol–water partition coefficient (Wildman–Crippen LogP) is 3.39. The van der Waals surface area contributed by atoms with Crippen molar-refractivity contribution in [2.45, 2.75) is 26.2 Å². The van der Waals surface area contributed by atoms with E-state index in [0.717, 1.165) is 30.6 Å². The molecule has 1 aliphatic rings. The summed E-state index contributed by atoms with van der Waals surface area (Å²) in [5.41, 5.74) is 1.09. The van der Waals surface area contributed by atoms with Gasteiger partial charge in [0.1, 0.15) is 5.76 Å². The largest absolute Gasteiger partial charge is 0.431 e. The summed E-state index contributed by atoms with van der Waals surface area (Å²) in [7, 11) is 0. The molecule has 2 nitrogen and oxygen atoms in total. The number of ether oxygens (including phenoxy) is 1. The van der Waals surface area contributed by atoms with E-state index in [1.54, 1.807) is 0 Å². The predicted molar refractivity (Wildman–Crippen MR) is 63.5 cm³/mol. The number of carbonyl (C=O) groups is 1. The van der Waals surface area contributed by atoms with Crippen molar-refractivity contribution < 1.29 is 9.53 Å². The minimum atomic E-state index is -0.0657. The number of carbonyl (C=O) groups excluding carboxylic acids is 1. The lowest BCUT2D eigenvalue weighted by Crippen LogP contribution is -2.06. The summed E-state index contributed by atoms with van der Waals surface area (Å²) in [5.74, 6) is 0.804. The van der Waals surface area contributed by atoms with Gasteiger partial charge in [-0.2, -0.15) is 0 Å². The van der Waals surface area contributed by atoms with E-state index in [1.165, 1.54) is 0 Å². The Bertz CT molecular complexity index is 392. The van der Waals surface area contributed by atoms with E-state index >= 15 is 0 Å². The lowest BCUT2D eigenvalue weighted by atomic mass is 10.0. The van der Waals surface area contributed by atoms with Gasteiger partial charge in [0.05, 0.1) is 5.92 Å². The maximum atomic E-state index is 11.5. The third kappa shape index (κ3) is 2.51. The molecule has 1 aromatic rings. The van der Waals surface area contributed by atoms with Gasteiger partial charge in [0.15, 0.2) is 0 Å². The molecule has 0 bridgehead atoms. The summed E-state index contributed by atoms with van der Waals surface area (Å²) >= 11 is 0. The number of benzene rings is 1. The Morgan fingerprint density at radius 1 is 1.38 bits per heavy atom. The molecule has 0 amide bonds. The van der Waals surface area contributed by atoms with Crippen LogP contribution >= 0.6 is 0 Å². The van der Waals surface area contributed by atoms with Crippen molar-refractivity contribution in [1.29, 1.82) is 0 Å². The Morgan fingerprint density at radius 2 is 2.12 bits per heavy atom. The molecule has 1 atom stereocenters.